The highest BCUT2D eigenvalue weighted by Crippen LogP contribution is 2.33. The predicted molar refractivity (Wildman–Crippen MR) is 85.2 cm³/mol. The van der Waals surface area contributed by atoms with E-state index in [-0.39, 0.29) is 12.5 Å². The molecule has 1 saturated heterocycles. The molecule has 0 radical (unpaired) electrons. The zero-order valence-corrected chi connectivity index (χ0v) is 13.1. The number of hydrogen-bond donors (Lipinski definition) is 1. The van der Waals surface area contributed by atoms with Gasteiger partial charge in [-0.3, -0.25) is 4.79 Å². The molecule has 1 unspecified atom stereocenters. The number of β-amino-alcohol motifs (C(OH)–C–C–N with tert-alkyl or cyclic N) is 1. The minimum absolute atomic E-state index is 0.0633. The second kappa shape index (κ2) is 6.67. The SMILES string of the molecule is CN1C(=O)COc2ccc(C(O)CN3CCCCCC3)cc21. The molecule has 1 aromatic rings. The Morgan fingerprint density at radius 2 is 1.95 bits per heavy atom. The summed E-state index contributed by atoms with van der Waals surface area (Å²) in [5.74, 6) is 0.638. The Morgan fingerprint density at radius 3 is 2.68 bits per heavy atom. The molecule has 0 aromatic heterocycles. The molecule has 3 rings (SSSR count). The van der Waals surface area contributed by atoms with Crippen molar-refractivity contribution in [2.24, 2.45) is 0 Å². The van der Waals surface area contributed by atoms with Gasteiger partial charge < -0.3 is 19.6 Å². The third-order valence-corrected chi connectivity index (χ3v) is 4.58. The number of nitrogens with zero attached hydrogens (tertiary/aromatic N) is 2. The number of likely N-dealkylation sites (tertiary alicyclic amines) is 1. The minimum Gasteiger partial charge on any atom is -0.482 e. The summed E-state index contributed by atoms with van der Waals surface area (Å²) in [7, 11) is 1.74. The molecule has 2 aliphatic heterocycles. The number of carbonyl (C=O) groups is 1. The molecule has 120 valence electrons. The summed E-state index contributed by atoms with van der Waals surface area (Å²) in [6.07, 6.45) is 4.46. The molecule has 0 aliphatic carbocycles. The van der Waals surface area contributed by atoms with Crippen molar-refractivity contribution in [3.8, 4) is 5.75 Å². The number of likely N-dealkylation sites (N-methyl/N-ethyl adjacent to an activating group) is 1. The van der Waals surface area contributed by atoms with E-state index in [2.05, 4.69) is 4.90 Å². The molecule has 1 aromatic carbocycles. The van der Waals surface area contributed by atoms with Crippen molar-refractivity contribution in [3.63, 3.8) is 0 Å². The molecule has 5 heteroatoms. The molecular formula is C17H24N2O3. The van der Waals surface area contributed by atoms with Crippen molar-refractivity contribution < 1.29 is 14.6 Å². The van der Waals surface area contributed by atoms with Crippen molar-refractivity contribution >= 4 is 11.6 Å². The zero-order valence-electron chi connectivity index (χ0n) is 13.1. The van der Waals surface area contributed by atoms with Gasteiger partial charge in [-0.2, -0.15) is 0 Å². The van der Waals surface area contributed by atoms with Crippen LogP contribution in [-0.4, -0.2) is 49.2 Å². The van der Waals surface area contributed by atoms with Gasteiger partial charge in [-0.15, -0.1) is 0 Å². The first-order valence-corrected chi connectivity index (χ1v) is 8.09. The van der Waals surface area contributed by atoms with E-state index in [1.165, 1.54) is 25.7 Å². The fourth-order valence-corrected chi connectivity index (χ4v) is 3.17. The van der Waals surface area contributed by atoms with Crippen molar-refractivity contribution in [2.45, 2.75) is 31.8 Å². The van der Waals surface area contributed by atoms with Crippen LogP contribution in [0.1, 0.15) is 37.4 Å². The lowest BCUT2D eigenvalue weighted by Gasteiger charge is -2.28. The third kappa shape index (κ3) is 3.25. The number of anilines is 1. The second-order valence-electron chi connectivity index (χ2n) is 6.20. The van der Waals surface area contributed by atoms with E-state index in [0.29, 0.717) is 12.3 Å². The second-order valence-corrected chi connectivity index (χ2v) is 6.20. The van der Waals surface area contributed by atoms with Crippen molar-refractivity contribution in [3.05, 3.63) is 23.8 Å². The topological polar surface area (TPSA) is 53.0 Å². The Kier molecular flexibility index (Phi) is 4.64. The number of aliphatic hydroxyl groups is 1. The van der Waals surface area contributed by atoms with Crippen LogP contribution in [0.2, 0.25) is 0 Å². The Balaban J connectivity index is 1.72. The molecule has 1 N–H and O–H groups in total. The molecule has 5 nitrogen and oxygen atoms in total. The van der Waals surface area contributed by atoms with Gasteiger partial charge in [0.15, 0.2) is 6.61 Å². The molecule has 0 bridgehead atoms. The third-order valence-electron chi connectivity index (χ3n) is 4.58. The lowest BCUT2D eigenvalue weighted by Crippen LogP contribution is -2.35. The van der Waals surface area contributed by atoms with Gasteiger partial charge in [-0.25, -0.2) is 0 Å². The summed E-state index contributed by atoms with van der Waals surface area (Å²) < 4.78 is 5.42. The summed E-state index contributed by atoms with van der Waals surface area (Å²) in [6, 6.07) is 5.61. The molecule has 2 heterocycles. The number of amides is 1. The van der Waals surface area contributed by atoms with E-state index in [1.807, 2.05) is 18.2 Å². The Hall–Kier alpha value is -1.59. The lowest BCUT2D eigenvalue weighted by atomic mass is 10.1. The Morgan fingerprint density at radius 1 is 1.23 bits per heavy atom. The van der Waals surface area contributed by atoms with Crippen molar-refractivity contribution in [1.82, 2.24) is 4.90 Å². The number of ether oxygens (including phenoxy) is 1. The Labute approximate surface area is 131 Å². The number of benzene rings is 1. The van der Waals surface area contributed by atoms with Crippen molar-refractivity contribution in [2.75, 3.05) is 38.2 Å². The molecule has 0 saturated carbocycles. The van der Waals surface area contributed by atoms with Gasteiger partial charge in [-0.05, 0) is 43.6 Å². The zero-order chi connectivity index (χ0) is 15.5. The summed E-state index contributed by atoms with van der Waals surface area (Å²) in [4.78, 5) is 15.7. The van der Waals surface area contributed by atoms with Gasteiger partial charge in [0.05, 0.1) is 11.8 Å². The van der Waals surface area contributed by atoms with Crippen LogP contribution in [0.15, 0.2) is 18.2 Å². The molecule has 2 aliphatic rings. The van der Waals surface area contributed by atoms with Crippen LogP contribution in [-0.2, 0) is 4.79 Å². The monoisotopic (exact) mass is 304 g/mol. The summed E-state index contributed by atoms with van der Waals surface area (Å²) in [6.45, 7) is 2.85. The lowest BCUT2D eigenvalue weighted by molar-refractivity contribution is -0.120. The highest BCUT2D eigenvalue weighted by Gasteiger charge is 2.24. The van der Waals surface area contributed by atoms with E-state index in [0.717, 1.165) is 24.3 Å². The molecule has 1 amide bonds. The minimum atomic E-state index is -0.533. The largest absolute Gasteiger partial charge is 0.482 e. The molecule has 22 heavy (non-hydrogen) atoms. The van der Waals surface area contributed by atoms with Gasteiger partial charge in [0.2, 0.25) is 0 Å². The number of aliphatic hydroxyl groups excluding tert-OH is 1. The van der Waals surface area contributed by atoms with Crippen LogP contribution < -0.4 is 9.64 Å². The predicted octanol–water partition coefficient (Wildman–Crippen LogP) is 1.95. The highest BCUT2D eigenvalue weighted by molar-refractivity contribution is 5.97. The maximum Gasteiger partial charge on any atom is 0.264 e. The summed E-state index contributed by atoms with van der Waals surface area (Å²) in [5, 5.41) is 10.5. The van der Waals surface area contributed by atoms with Crippen LogP contribution >= 0.6 is 0 Å². The Bertz CT molecular complexity index is 539. The number of carbonyl (C=O) groups excluding carboxylic acids is 1. The first kappa shape index (κ1) is 15.3. The van der Waals surface area contributed by atoms with E-state index in [1.54, 1.807) is 11.9 Å². The number of fused-ring (bicyclic) bond motifs is 1. The van der Waals surface area contributed by atoms with Gasteiger partial charge in [0.1, 0.15) is 5.75 Å². The molecule has 1 fully saturated rings. The summed E-state index contributed by atoms with van der Waals surface area (Å²) >= 11 is 0. The normalized spacial score (nSPS) is 21.0. The van der Waals surface area contributed by atoms with Crippen LogP contribution in [0, 0.1) is 0 Å². The fraction of sp³-hybridized carbons (Fsp3) is 0.588. The van der Waals surface area contributed by atoms with Crippen LogP contribution in [0.3, 0.4) is 0 Å². The van der Waals surface area contributed by atoms with E-state index >= 15 is 0 Å². The highest BCUT2D eigenvalue weighted by atomic mass is 16.5. The molecule has 0 spiro atoms. The number of rotatable bonds is 3. The maximum absolute atomic E-state index is 11.7. The first-order valence-electron chi connectivity index (χ1n) is 8.09. The van der Waals surface area contributed by atoms with Gasteiger partial charge in [0.25, 0.3) is 5.91 Å². The van der Waals surface area contributed by atoms with Gasteiger partial charge in [0, 0.05) is 13.6 Å². The van der Waals surface area contributed by atoms with E-state index < -0.39 is 6.10 Å². The van der Waals surface area contributed by atoms with Gasteiger partial charge in [-0.1, -0.05) is 18.9 Å². The summed E-state index contributed by atoms with van der Waals surface area (Å²) in [5.41, 5.74) is 1.58. The van der Waals surface area contributed by atoms with Crippen LogP contribution in [0.25, 0.3) is 0 Å². The standard InChI is InChI=1S/C17H24N2O3/c1-18-14-10-13(6-7-16(14)22-12-17(18)21)15(20)11-19-8-4-2-3-5-9-19/h6-7,10,15,20H,2-5,8-9,11-12H2,1H3. The maximum atomic E-state index is 11.7. The molecular weight excluding hydrogens is 280 g/mol. The average molecular weight is 304 g/mol. The van der Waals surface area contributed by atoms with Gasteiger partial charge >= 0.3 is 0 Å². The molecule has 1 atom stereocenters. The van der Waals surface area contributed by atoms with Crippen LogP contribution in [0.4, 0.5) is 5.69 Å². The van der Waals surface area contributed by atoms with E-state index in [9.17, 15) is 9.90 Å². The smallest absolute Gasteiger partial charge is 0.264 e. The van der Waals surface area contributed by atoms with Crippen molar-refractivity contribution in [1.29, 1.82) is 0 Å². The first-order chi connectivity index (χ1) is 10.6. The average Bonchev–Trinajstić information content (AvgIpc) is 2.79. The quantitative estimate of drug-likeness (QED) is 0.927. The fourth-order valence-electron chi connectivity index (χ4n) is 3.17. The number of hydrogen-bond acceptors (Lipinski definition) is 4. The van der Waals surface area contributed by atoms with E-state index in [4.69, 9.17) is 4.74 Å². The van der Waals surface area contributed by atoms with Crippen LogP contribution in [0.5, 0.6) is 5.75 Å².